The van der Waals surface area contributed by atoms with Crippen LogP contribution in [0.4, 0.5) is 0 Å². The van der Waals surface area contributed by atoms with Gasteiger partial charge < -0.3 is 40.3 Å². The number of aliphatic hydroxyl groups is 5. The topological polar surface area (TPSA) is 149 Å². The third-order valence-electron chi connectivity index (χ3n) is 13.1. The molecule has 1 saturated heterocycles. The second-order valence-corrected chi connectivity index (χ2v) is 19.4. The first-order chi connectivity index (χ1) is 32.8. The van der Waals surface area contributed by atoms with Crippen LogP contribution in [0.25, 0.3) is 0 Å². The van der Waals surface area contributed by atoms with E-state index in [1.165, 1.54) is 173 Å². The second kappa shape index (κ2) is 47.6. The number of allylic oxidation sites excluding steroid dienone is 9. The van der Waals surface area contributed by atoms with Gasteiger partial charge in [-0.1, -0.05) is 229 Å². The molecule has 0 spiro atoms. The molecule has 0 radical (unpaired) electrons. The van der Waals surface area contributed by atoms with Crippen LogP contribution in [0.1, 0.15) is 245 Å². The molecule has 67 heavy (non-hydrogen) atoms. The van der Waals surface area contributed by atoms with Crippen LogP contribution in [-0.4, -0.2) is 87.5 Å². The molecule has 1 heterocycles. The Hall–Kier alpha value is -2.11. The standard InChI is InChI=1S/C58H105NO8/c1-3-5-7-9-11-13-15-17-19-21-23-24-25-26-27-28-30-31-33-35-37-39-41-43-45-47-52(61)51(50-66-58-57(65)56(64)55(63)53(49-60)67-58)59-54(62)48-46-44-42-40-38-36-34-32-29-22-20-18-16-14-12-10-8-6-4-2/h12,14,16,18,30-31,37,39,45,47,51-53,55-58,60-61,63-65H,3-11,13,15,17,19-29,32-36,38,40-44,46,48-50H2,1-2H3,(H,59,62)/b14-12-,18-16-,31-30+,39-37+,47-45+. The van der Waals surface area contributed by atoms with Crippen molar-refractivity contribution in [2.75, 3.05) is 13.2 Å². The van der Waals surface area contributed by atoms with Gasteiger partial charge >= 0.3 is 0 Å². The number of amides is 1. The number of nitrogens with one attached hydrogen (secondary N) is 1. The number of carbonyl (C=O) groups is 1. The van der Waals surface area contributed by atoms with Gasteiger partial charge in [-0.15, -0.1) is 0 Å². The van der Waals surface area contributed by atoms with Crippen molar-refractivity contribution in [3.63, 3.8) is 0 Å². The molecule has 0 aromatic carbocycles. The third kappa shape index (κ3) is 37.4. The molecule has 390 valence electrons. The van der Waals surface area contributed by atoms with E-state index in [4.69, 9.17) is 9.47 Å². The van der Waals surface area contributed by atoms with Gasteiger partial charge in [-0.3, -0.25) is 4.79 Å². The van der Waals surface area contributed by atoms with E-state index in [2.05, 4.69) is 67.8 Å². The number of rotatable bonds is 47. The Bertz CT molecular complexity index is 1230. The van der Waals surface area contributed by atoms with Crippen molar-refractivity contribution < 1.29 is 39.8 Å². The van der Waals surface area contributed by atoms with Gasteiger partial charge in [0.25, 0.3) is 0 Å². The van der Waals surface area contributed by atoms with Gasteiger partial charge in [0.1, 0.15) is 24.4 Å². The summed E-state index contributed by atoms with van der Waals surface area (Å²) in [5.74, 6) is -0.195. The Labute approximate surface area is 411 Å². The largest absolute Gasteiger partial charge is 0.394 e. The second-order valence-electron chi connectivity index (χ2n) is 19.4. The molecule has 1 aliphatic heterocycles. The van der Waals surface area contributed by atoms with Gasteiger partial charge in [-0.05, 0) is 70.6 Å². The Balaban J connectivity index is 2.29. The predicted molar refractivity (Wildman–Crippen MR) is 281 cm³/mol. The maximum atomic E-state index is 13.0. The van der Waals surface area contributed by atoms with Gasteiger partial charge in [0.2, 0.25) is 5.91 Å². The molecular weight excluding hydrogens is 839 g/mol. The summed E-state index contributed by atoms with van der Waals surface area (Å²) in [4.78, 5) is 13.0. The van der Waals surface area contributed by atoms with Crippen LogP contribution in [0.2, 0.25) is 0 Å². The molecular formula is C58H105NO8. The average Bonchev–Trinajstić information content (AvgIpc) is 3.33. The van der Waals surface area contributed by atoms with Crippen LogP contribution in [0.3, 0.4) is 0 Å². The summed E-state index contributed by atoms with van der Waals surface area (Å²) in [7, 11) is 0. The number of carbonyl (C=O) groups excluding carboxylic acids is 1. The molecule has 9 nitrogen and oxygen atoms in total. The quantitative estimate of drug-likeness (QED) is 0.0201. The zero-order valence-corrected chi connectivity index (χ0v) is 43.1. The Morgan fingerprint density at radius 2 is 0.896 bits per heavy atom. The van der Waals surface area contributed by atoms with Crippen molar-refractivity contribution in [1.29, 1.82) is 0 Å². The average molecular weight is 944 g/mol. The molecule has 1 fully saturated rings. The summed E-state index contributed by atoms with van der Waals surface area (Å²) in [5, 5.41) is 54.4. The minimum atomic E-state index is -1.58. The van der Waals surface area contributed by atoms with Crippen LogP contribution in [0.5, 0.6) is 0 Å². The molecule has 0 saturated carbocycles. The Morgan fingerprint density at radius 3 is 1.37 bits per heavy atom. The highest BCUT2D eigenvalue weighted by molar-refractivity contribution is 5.76. The first-order valence-electron chi connectivity index (χ1n) is 28.0. The van der Waals surface area contributed by atoms with Crippen molar-refractivity contribution in [2.45, 2.75) is 288 Å². The van der Waals surface area contributed by atoms with E-state index >= 15 is 0 Å². The van der Waals surface area contributed by atoms with Crippen LogP contribution >= 0.6 is 0 Å². The SMILES string of the molecule is CCCCC/C=C\C=C/CCCCCCCCCCCCC(=O)NC(COC1OC(CO)C(O)C(O)C1O)C(O)/C=C/CC/C=C/CC/C=C/CCCCCCCCCCCCCCCCC. The van der Waals surface area contributed by atoms with E-state index in [9.17, 15) is 30.3 Å². The lowest BCUT2D eigenvalue weighted by Crippen LogP contribution is -2.60. The summed E-state index contributed by atoms with van der Waals surface area (Å²) in [6.45, 7) is 3.74. The van der Waals surface area contributed by atoms with Crippen LogP contribution < -0.4 is 5.32 Å². The maximum absolute atomic E-state index is 13.0. The highest BCUT2D eigenvalue weighted by atomic mass is 16.7. The van der Waals surface area contributed by atoms with Crippen molar-refractivity contribution in [3.8, 4) is 0 Å². The summed E-state index contributed by atoms with van der Waals surface area (Å²) in [6, 6.07) is -0.832. The zero-order valence-electron chi connectivity index (χ0n) is 43.1. The van der Waals surface area contributed by atoms with E-state index in [0.717, 1.165) is 51.4 Å². The van der Waals surface area contributed by atoms with Gasteiger partial charge in [-0.25, -0.2) is 0 Å². The lowest BCUT2D eigenvalue weighted by atomic mass is 9.99. The van der Waals surface area contributed by atoms with Gasteiger partial charge in [0, 0.05) is 6.42 Å². The van der Waals surface area contributed by atoms with E-state index < -0.39 is 49.5 Å². The van der Waals surface area contributed by atoms with Gasteiger partial charge in [-0.2, -0.15) is 0 Å². The third-order valence-corrected chi connectivity index (χ3v) is 13.1. The summed E-state index contributed by atoms with van der Waals surface area (Å²) in [5.41, 5.74) is 0. The highest BCUT2D eigenvalue weighted by Gasteiger charge is 2.44. The fourth-order valence-electron chi connectivity index (χ4n) is 8.59. The van der Waals surface area contributed by atoms with Crippen molar-refractivity contribution in [2.24, 2.45) is 0 Å². The Kier molecular flexibility index (Phi) is 44.7. The van der Waals surface area contributed by atoms with Crippen molar-refractivity contribution in [3.05, 3.63) is 60.8 Å². The van der Waals surface area contributed by atoms with Gasteiger partial charge in [0.05, 0.1) is 25.4 Å². The summed E-state index contributed by atoms with van der Waals surface area (Å²) in [6.07, 6.45) is 57.1. The number of aliphatic hydroxyl groups excluding tert-OH is 5. The molecule has 1 aliphatic rings. The van der Waals surface area contributed by atoms with Crippen molar-refractivity contribution in [1.82, 2.24) is 5.32 Å². The van der Waals surface area contributed by atoms with Crippen LogP contribution in [-0.2, 0) is 14.3 Å². The molecule has 1 rings (SSSR count). The number of ether oxygens (including phenoxy) is 2. The van der Waals surface area contributed by atoms with Crippen LogP contribution in [0.15, 0.2) is 60.8 Å². The lowest BCUT2D eigenvalue weighted by molar-refractivity contribution is -0.302. The summed E-state index contributed by atoms with van der Waals surface area (Å²) >= 11 is 0. The molecule has 9 heteroatoms. The van der Waals surface area contributed by atoms with Gasteiger partial charge in [0.15, 0.2) is 6.29 Å². The molecule has 0 aromatic heterocycles. The van der Waals surface area contributed by atoms with E-state index in [-0.39, 0.29) is 12.5 Å². The molecule has 7 atom stereocenters. The van der Waals surface area contributed by atoms with E-state index in [0.29, 0.717) is 6.42 Å². The first-order valence-corrected chi connectivity index (χ1v) is 28.0. The number of unbranched alkanes of at least 4 members (excludes halogenated alkanes) is 30. The normalized spacial score (nSPS) is 20.1. The molecule has 0 aromatic rings. The smallest absolute Gasteiger partial charge is 0.220 e. The minimum absolute atomic E-state index is 0.195. The molecule has 0 bridgehead atoms. The molecule has 0 aliphatic carbocycles. The molecule has 7 unspecified atom stereocenters. The first kappa shape index (κ1) is 62.9. The molecule has 1 amide bonds. The minimum Gasteiger partial charge on any atom is -0.394 e. The van der Waals surface area contributed by atoms with Crippen LogP contribution in [0, 0.1) is 0 Å². The van der Waals surface area contributed by atoms with E-state index in [1.54, 1.807) is 6.08 Å². The lowest BCUT2D eigenvalue weighted by Gasteiger charge is -2.40. The Morgan fingerprint density at radius 1 is 0.507 bits per heavy atom. The molecule has 6 N–H and O–H groups in total. The highest BCUT2D eigenvalue weighted by Crippen LogP contribution is 2.23. The maximum Gasteiger partial charge on any atom is 0.220 e. The number of hydrogen-bond donors (Lipinski definition) is 6. The fourth-order valence-corrected chi connectivity index (χ4v) is 8.59. The number of hydrogen-bond acceptors (Lipinski definition) is 8. The van der Waals surface area contributed by atoms with Crippen molar-refractivity contribution >= 4 is 5.91 Å². The monoisotopic (exact) mass is 944 g/mol. The summed E-state index contributed by atoms with van der Waals surface area (Å²) < 4.78 is 11.2. The van der Waals surface area contributed by atoms with E-state index in [1.807, 2.05) is 6.08 Å². The predicted octanol–water partition coefficient (Wildman–Crippen LogP) is 13.5. The fraction of sp³-hybridized carbons (Fsp3) is 0.810. The zero-order chi connectivity index (χ0) is 48.7.